The van der Waals surface area contributed by atoms with Gasteiger partial charge in [-0.25, -0.2) is 5.01 Å². The first-order valence-electron chi connectivity index (χ1n) is 9.62. The molecule has 132 valence electrons. The molecule has 0 saturated carbocycles. The van der Waals surface area contributed by atoms with Crippen LogP contribution in [0.15, 0.2) is 0 Å². The highest BCUT2D eigenvalue weighted by Crippen LogP contribution is 2.10. The second-order valence-electron chi connectivity index (χ2n) is 6.88. The van der Waals surface area contributed by atoms with Gasteiger partial charge in [-0.15, -0.1) is 0 Å². The van der Waals surface area contributed by atoms with E-state index in [4.69, 9.17) is 0 Å². The number of amides is 1. The van der Waals surface area contributed by atoms with Crippen LogP contribution in [0.2, 0.25) is 0 Å². The highest BCUT2D eigenvalue weighted by Gasteiger charge is 2.13. The summed E-state index contributed by atoms with van der Waals surface area (Å²) in [5, 5.41) is 4.25. The van der Waals surface area contributed by atoms with Crippen LogP contribution in [0.25, 0.3) is 0 Å². The Bertz CT molecular complexity index is 232. The largest absolute Gasteiger partial charge is 0.278 e. The Balaban J connectivity index is 4.25. The molecule has 1 amide bonds. The predicted molar refractivity (Wildman–Crippen MR) is 96.7 cm³/mol. The summed E-state index contributed by atoms with van der Waals surface area (Å²) in [6, 6.07) is 0. The lowest BCUT2D eigenvalue weighted by molar-refractivity contribution is -0.135. The first kappa shape index (κ1) is 21.4. The number of carbonyl (C=O) groups is 1. The fourth-order valence-corrected chi connectivity index (χ4v) is 2.73. The summed E-state index contributed by atoms with van der Waals surface area (Å²) in [5.41, 5.74) is 0. The van der Waals surface area contributed by atoms with E-state index in [2.05, 4.69) is 32.7 Å². The van der Waals surface area contributed by atoms with Gasteiger partial charge in [-0.2, -0.15) is 0 Å². The van der Waals surface area contributed by atoms with Crippen molar-refractivity contribution in [3.63, 3.8) is 0 Å². The number of hydrogen-bond donors (Lipinski definition) is 0. The fourth-order valence-electron chi connectivity index (χ4n) is 2.73. The van der Waals surface area contributed by atoms with Crippen molar-refractivity contribution in [1.29, 1.82) is 0 Å². The van der Waals surface area contributed by atoms with Crippen molar-refractivity contribution in [2.45, 2.75) is 91.9 Å². The summed E-state index contributed by atoms with van der Waals surface area (Å²) in [6.07, 6.45) is 13.5. The van der Waals surface area contributed by atoms with E-state index in [1.54, 1.807) is 0 Å². The molecule has 3 nitrogen and oxygen atoms in total. The minimum absolute atomic E-state index is 0.719. The van der Waals surface area contributed by atoms with Crippen LogP contribution in [0.3, 0.4) is 0 Å². The van der Waals surface area contributed by atoms with Crippen molar-refractivity contribution in [3.8, 4) is 0 Å². The molecule has 0 unspecified atom stereocenters. The van der Waals surface area contributed by atoms with Crippen LogP contribution in [0.1, 0.15) is 91.9 Å². The van der Waals surface area contributed by atoms with E-state index in [1.807, 2.05) is 5.01 Å². The van der Waals surface area contributed by atoms with Gasteiger partial charge in [-0.1, -0.05) is 66.2 Å². The Labute approximate surface area is 139 Å². The Morgan fingerprint density at radius 3 is 1.73 bits per heavy atom. The molecule has 0 spiro atoms. The van der Waals surface area contributed by atoms with Crippen LogP contribution in [-0.2, 0) is 4.79 Å². The van der Waals surface area contributed by atoms with Gasteiger partial charge in [0.25, 0.3) is 0 Å². The Kier molecular flexibility index (Phi) is 14.9. The molecule has 0 aliphatic carbocycles. The summed E-state index contributed by atoms with van der Waals surface area (Å²) in [7, 11) is 0. The zero-order valence-corrected chi connectivity index (χ0v) is 15.6. The molecular weight excluding hydrogens is 272 g/mol. The van der Waals surface area contributed by atoms with E-state index in [-0.39, 0.29) is 0 Å². The third kappa shape index (κ3) is 12.0. The maximum atomic E-state index is 11.5. The van der Waals surface area contributed by atoms with Crippen LogP contribution in [0.4, 0.5) is 0 Å². The van der Waals surface area contributed by atoms with Crippen LogP contribution in [0, 0.1) is 5.92 Å². The van der Waals surface area contributed by atoms with Gasteiger partial charge in [0.2, 0.25) is 6.41 Å². The summed E-state index contributed by atoms with van der Waals surface area (Å²) in [6.45, 7) is 11.9. The molecule has 0 saturated heterocycles. The molecule has 22 heavy (non-hydrogen) atoms. The van der Waals surface area contributed by atoms with Gasteiger partial charge in [-0.05, 0) is 31.6 Å². The number of nitrogens with zero attached hydrogens (tertiary/aromatic N) is 2. The average molecular weight is 313 g/mol. The minimum Gasteiger partial charge on any atom is -0.278 e. The lowest BCUT2D eigenvalue weighted by Gasteiger charge is -2.32. The van der Waals surface area contributed by atoms with E-state index in [0.717, 1.165) is 38.4 Å². The molecule has 0 aromatic heterocycles. The Hall–Kier alpha value is -0.570. The molecule has 0 fully saturated rings. The van der Waals surface area contributed by atoms with Crippen molar-refractivity contribution < 1.29 is 4.79 Å². The van der Waals surface area contributed by atoms with E-state index in [9.17, 15) is 4.79 Å². The second kappa shape index (κ2) is 15.3. The third-order valence-electron chi connectivity index (χ3n) is 4.19. The van der Waals surface area contributed by atoms with Gasteiger partial charge < -0.3 is 0 Å². The molecule has 0 aromatic carbocycles. The monoisotopic (exact) mass is 312 g/mol. The lowest BCUT2D eigenvalue weighted by Crippen LogP contribution is -2.43. The van der Waals surface area contributed by atoms with E-state index in [1.165, 1.54) is 57.8 Å². The normalized spacial score (nSPS) is 11.4. The number of hydrogen-bond acceptors (Lipinski definition) is 2. The summed E-state index contributed by atoms with van der Waals surface area (Å²) < 4.78 is 0. The molecule has 0 radical (unpaired) electrons. The fraction of sp³-hybridized carbons (Fsp3) is 0.947. The molecular formula is C19H40N2O. The lowest BCUT2D eigenvalue weighted by atomic mass is 10.1. The molecule has 0 aromatic rings. The van der Waals surface area contributed by atoms with E-state index in [0.29, 0.717) is 0 Å². The van der Waals surface area contributed by atoms with Crippen molar-refractivity contribution in [1.82, 2.24) is 10.0 Å². The maximum absolute atomic E-state index is 11.5. The quantitative estimate of drug-likeness (QED) is 0.220. The van der Waals surface area contributed by atoms with Gasteiger partial charge in [-0.3, -0.25) is 9.80 Å². The zero-order chi connectivity index (χ0) is 16.6. The molecule has 0 N–H and O–H groups in total. The predicted octanol–water partition coefficient (Wildman–Crippen LogP) is 5.26. The SMILES string of the molecule is CCCCCCN(CCCCCC)N(C=O)CCCC(C)C. The van der Waals surface area contributed by atoms with Crippen LogP contribution in [0.5, 0.6) is 0 Å². The molecule has 0 aliphatic rings. The highest BCUT2D eigenvalue weighted by atomic mass is 16.1. The van der Waals surface area contributed by atoms with Crippen LogP contribution in [-0.4, -0.2) is 36.1 Å². The van der Waals surface area contributed by atoms with Crippen molar-refractivity contribution >= 4 is 6.41 Å². The summed E-state index contributed by atoms with van der Waals surface area (Å²) in [4.78, 5) is 11.5. The highest BCUT2D eigenvalue weighted by molar-refractivity contribution is 5.46. The summed E-state index contributed by atoms with van der Waals surface area (Å²) >= 11 is 0. The standard InChI is InChI=1S/C19H40N2O/c1-5-7-9-11-15-20(16-12-10-8-6-2)21(18-22)17-13-14-19(3)4/h18-19H,5-17H2,1-4H3. The van der Waals surface area contributed by atoms with Crippen molar-refractivity contribution in [3.05, 3.63) is 0 Å². The molecule has 0 atom stereocenters. The van der Waals surface area contributed by atoms with Gasteiger partial charge in [0.15, 0.2) is 0 Å². The van der Waals surface area contributed by atoms with E-state index >= 15 is 0 Å². The average Bonchev–Trinajstić information content (AvgIpc) is 2.50. The first-order chi connectivity index (χ1) is 10.7. The van der Waals surface area contributed by atoms with Gasteiger partial charge >= 0.3 is 0 Å². The summed E-state index contributed by atoms with van der Waals surface area (Å²) in [5.74, 6) is 0.719. The number of hydrazine groups is 1. The number of unbranched alkanes of at least 4 members (excludes halogenated alkanes) is 6. The maximum Gasteiger partial charge on any atom is 0.224 e. The molecule has 0 rings (SSSR count). The topological polar surface area (TPSA) is 23.6 Å². The van der Waals surface area contributed by atoms with Gasteiger partial charge in [0.05, 0.1) is 0 Å². The number of rotatable bonds is 16. The Morgan fingerprint density at radius 1 is 0.773 bits per heavy atom. The molecule has 0 heterocycles. The number of carbonyl (C=O) groups excluding carboxylic acids is 1. The van der Waals surface area contributed by atoms with Gasteiger partial charge in [0.1, 0.15) is 0 Å². The van der Waals surface area contributed by atoms with Crippen LogP contribution >= 0.6 is 0 Å². The Morgan fingerprint density at radius 2 is 1.32 bits per heavy atom. The van der Waals surface area contributed by atoms with Gasteiger partial charge in [0, 0.05) is 19.6 Å². The molecule has 0 bridgehead atoms. The van der Waals surface area contributed by atoms with Crippen molar-refractivity contribution in [2.24, 2.45) is 5.92 Å². The molecule has 0 aliphatic heterocycles. The smallest absolute Gasteiger partial charge is 0.224 e. The molecule has 3 heteroatoms. The van der Waals surface area contributed by atoms with Crippen LogP contribution < -0.4 is 0 Å². The van der Waals surface area contributed by atoms with E-state index < -0.39 is 0 Å². The second-order valence-corrected chi connectivity index (χ2v) is 6.88. The minimum atomic E-state index is 0.719. The van der Waals surface area contributed by atoms with Crippen molar-refractivity contribution in [2.75, 3.05) is 19.6 Å². The first-order valence-corrected chi connectivity index (χ1v) is 9.62. The zero-order valence-electron chi connectivity index (χ0n) is 15.6. The third-order valence-corrected chi connectivity index (χ3v) is 4.19.